The fraction of sp³-hybridized carbons (Fsp3) is 0.429. The molecule has 0 N–H and O–H groups in total. The zero-order chi connectivity index (χ0) is 16.2. The van der Waals surface area contributed by atoms with Gasteiger partial charge in [-0.1, -0.05) is 50.2 Å². The van der Waals surface area contributed by atoms with Crippen LogP contribution in [0.15, 0.2) is 48.5 Å². The summed E-state index contributed by atoms with van der Waals surface area (Å²) in [7, 11) is 1.74. The zero-order valence-corrected chi connectivity index (χ0v) is 14.3. The van der Waals surface area contributed by atoms with E-state index in [1.807, 2.05) is 0 Å². The first-order chi connectivity index (χ1) is 11.2. The highest BCUT2D eigenvalue weighted by molar-refractivity contribution is 5.36. The van der Waals surface area contributed by atoms with Crippen LogP contribution in [0, 0.1) is 0 Å². The molecule has 2 heteroatoms. The highest BCUT2D eigenvalue weighted by Crippen LogP contribution is 2.37. The van der Waals surface area contributed by atoms with E-state index in [0.29, 0.717) is 11.8 Å². The summed E-state index contributed by atoms with van der Waals surface area (Å²) in [4.78, 5) is 0. The van der Waals surface area contributed by atoms with E-state index in [2.05, 4.69) is 62.4 Å². The molecule has 0 radical (unpaired) electrons. The molecule has 3 atom stereocenters. The number of rotatable bonds is 6. The smallest absolute Gasteiger partial charge is 0.206 e. The lowest BCUT2D eigenvalue weighted by Crippen LogP contribution is -2.26. The van der Waals surface area contributed by atoms with Crippen molar-refractivity contribution in [3.8, 4) is 5.75 Å². The van der Waals surface area contributed by atoms with Crippen LogP contribution in [0.4, 0.5) is 0 Å². The normalized spacial score (nSPS) is 19.2. The topological polar surface area (TPSA) is 18.5 Å². The first-order valence-corrected chi connectivity index (χ1v) is 8.60. The molecule has 2 aromatic carbocycles. The van der Waals surface area contributed by atoms with Crippen molar-refractivity contribution < 1.29 is 9.47 Å². The Hall–Kier alpha value is -1.80. The molecule has 0 amide bonds. The average Bonchev–Trinajstić information content (AvgIpc) is 3.03. The second kappa shape index (κ2) is 7.18. The van der Waals surface area contributed by atoms with E-state index in [0.717, 1.165) is 25.0 Å². The van der Waals surface area contributed by atoms with E-state index >= 15 is 0 Å². The van der Waals surface area contributed by atoms with Gasteiger partial charge >= 0.3 is 0 Å². The van der Waals surface area contributed by atoms with Crippen LogP contribution in [0.5, 0.6) is 5.75 Å². The molecule has 0 heterocycles. The number of ether oxygens (including phenoxy) is 2. The molecule has 0 saturated heterocycles. The van der Waals surface area contributed by atoms with Crippen molar-refractivity contribution in [2.45, 2.75) is 51.2 Å². The largest absolute Gasteiger partial charge is 0.464 e. The van der Waals surface area contributed by atoms with Crippen LogP contribution in [0.3, 0.4) is 0 Å². The molecule has 0 aromatic heterocycles. The maximum atomic E-state index is 6.15. The summed E-state index contributed by atoms with van der Waals surface area (Å²) >= 11 is 0. The Morgan fingerprint density at radius 1 is 1.09 bits per heavy atom. The van der Waals surface area contributed by atoms with Gasteiger partial charge in [0.1, 0.15) is 5.75 Å². The van der Waals surface area contributed by atoms with E-state index in [1.54, 1.807) is 7.11 Å². The lowest BCUT2D eigenvalue weighted by Gasteiger charge is -2.24. The predicted molar refractivity (Wildman–Crippen MR) is 94.1 cm³/mol. The SMILES string of the molecule is CCC(C)c1ccc(OC(OC)C2CCc3ccccc32)cc1. The van der Waals surface area contributed by atoms with E-state index in [1.165, 1.54) is 16.7 Å². The Balaban J connectivity index is 1.73. The molecule has 0 saturated carbocycles. The van der Waals surface area contributed by atoms with Gasteiger partial charge in [-0.3, -0.25) is 0 Å². The summed E-state index contributed by atoms with van der Waals surface area (Å²) in [6, 6.07) is 17.1. The zero-order valence-electron chi connectivity index (χ0n) is 14.3. The number of fused-ring (bicyclic) bond motifs is 1. The molecule has 3 rings (SSSR count). The molecule has 3 unspecified atom stereocenters. The van der Waals surface area contributed by atoms with Gasteiger partial charge in [-0.2, -0.15) is 0 Å². The summed E-state index contributed by atoms with van der Waals surface area (Å²) in [5, 5.41) is 0. The van der Waals surface area contributed by atoms with Gasteiger partial charge in [0.25, 0.3) is 0 Å². The molecule has 0 bridgehead atoms. The third-order valence-corrected chi connectivity index (χ3v) is 5.05. The van der Waals surface area contributed by atoms with Crippen LogP contribution in [0.1, 0.15) is 55.2 Å². The standard InChI is InChI=1S/C21H26O2/c1-4-15(2)16-9-12-18(13-10-16)23-21(22-3)20-14-11-17-7-5-6-8-19(17)20/h5-10,12-13,15,20-21H,4,11,14H2,1-3H3. The van der Waals surface area contributed by atoms with Gasteiger partial charge in [0.05, 0.1) is 0 Å². The summed E-state index contributed by atoms with van der Waals surface area (Å²) < 4.78 is 11.8. The first-order valence-electron chi connectivity index (χ1n) is 8.60. The van der Waals surface area contributed by atoms with Gasteiger partial charge < -0.3 is 9.47 Å². The molecule has 23 heavy (non-hydrogen) atoms. The van der Waals surface area contributed by atoms with Gasteiger partial charge in [0.15, 0.2) is 0 Å². The van der Waals surface area contributed by atoms with Crippen LogP contribution in [0.2, 0.25) is 0 Å². The van der Waals surface area contributed by atoms with Gasteiger partial charge in [-0.15, -0.1) is 0 Å². The molecular weight excluding hydrogens is 284 g/mol. The fourth-order valence-electron chi connectivity index (χ4n) is 3.41. The van der Waals surface area contributed by atoms with E-state index in [4.69, 9.17) is 9.47 Å². The molecule has 0 fully saturated rings. The highest BCUT2D eigenvalue weighted by Gasteiger charge is 2.31. The van der Waals surface area contributed by atoms with E-state index in [9.17, 15) is 0 Å². The summed E-state index contributed by atoms with van der Waals surface area (Å²) in [5.74, 6) is 1.78. The monoisotopic (exact) mass is 310 g/mol. The summed E-state index contributed by atoms with van der Waals surface area (Å²) in [6.07, 6.45) is 3.12. The van der Waals surface area contributed by atoms with Crippen molar-refractivity contribution in [2.75, 3.05) is 7.11 Å². The van der Waals surface area contributed by atoms with Crippen molar-refractivity contribution >= 4 is 0 Å². The van der Waals surface area contributed by atoms with Crippen LogP contribution in [-0.4, -0.2) is 13.4 Å². The molecular formula is C21H26O2. The Kier molecular flexibility index (Phi) is 5.02. The Morgan fingerprint density at radius 2 is 1.83 bits per heavy atom. The van der Waals surface area contributed by atoms with E-state index < -0.39 is 0 Å². The number of methoxy groups -OCH3 is 1. The second-order valence-electron chi connectivity index (χ2n) is 6.44. The lowest BCUT2D eigenvalue weighted by molar-refractivity contribution is -0.0712. The number of aryl methyl sites for hydroxylation is 1. The highest BCUT2D eigenvalue weighted by atomic mass is 16.7. The van der Waals surface area contributed by atoms with Crippen LogP contribution in [-0.2, 0) is 11.2 Å². The minimum Gasteiger partial charge on any atom is -0.464 e. The minimum atomic E-state index is -0.229. The molecule has 2 aromatic rings. The Morgan fingerprint density at radius 3 is 2.52 bits per heavy atom. The number of hydrogen-bond acceptors (Lipinski definition) is 2. The van der Waals surface area contributed by atoms with Crippen molar-refractivity contribution in [1.29, 1.82) is 0 Å². The summed E-state index contributed by atoms with van der Waals surface area (Å²) in [5.41, 5.74) is 4.16. The minimum absolute atomic E-state index is 0.229. The molecule has 0 spiro atoms. The first kappa shape index (κ1) is 16.1. The molecule has 122 valence electrons. The maximum absolute atomic E-state index is 6.15. The lowest BCUT2D eigenvalue weighted by atomic mass is 9.99. The van der Waals surface area contributed by atoms with Gasteiger partial charge in [0.2, 0.25) is 6.29 Å². The quantitative estimate of drug-likeness (QED) is 0.676. The van der Waals surface area contributed by atoms with Crippen molar-refractivity contribution in [2.24, 2.45) is 0 Å². The number of benzene rings is 2. The van der Waals surface area contributed by atoms with Crippen LogP contribution >= 0.6 is 0 Å². The van der Waals surface area contributed by atoms with Gasteiger partial charge in [-0.25, -0.2) is 0 Å². The fourth-order valence-corrected chi connectivity index (χ4v) is 3.41. The molecule has 0 aliphatic heterocycles. The van der Waals surface area contributed by atoms with Crippen LogP contribution < -0.4 is 4.74 Å². The van der Waals surface area contributed by atoms with Gasteiger partial charge in [0, 0.05) is 13.0 Å². The Labute approximate surface area is 139 Å². The van der Waals surface area contributed by atoms with Crippen LogP contribution in [0.25, 0.3) is 0 Å². The maximum Gasteiger partial charge on any atom is 0.206 e. The second-order valence-corrected chi connectivity index (χ2v) is 6.44. The average molecular weight is 310 g/mol. The molecule has 1 aliphatic rings. The van der Waals surface area contributed by atoms with Crippen molar-refractivity contribution in [1.82, 2.24) is 0 Å². The van der Waals surface area contributed by atoms with Crippen molar-refractivity contribution in [3.05, 3.63) is 65.2 Å². The Bertz CT molecular complexity index is 633. The van der Waals surface area contributed by atoms with E-state index in [-0.39, 0.29) is 6.29 Å². The van der Waals surface area contributed by atoms with Gasteiger partial charge in [-0.05, 0) is 54.0 Å². The third-order valence-electron chi connectivity index (χ3n) is 5.05. The third kappa shape index (κ3) is 3.42. The molecule has 2 nitrogen and oxygen atoms in total. The van der Waals surface area contributed by atoms with Crippen molar-refractivity contribution in [3.63, 3.8) is 0 Å². The molecule has 1 aliphatic carbocycles. The number of hydrogen-bond donors (Lipinski definition) is 0. The summed E-state index contributed by atoms with van der Waals surface area (Å²) in [6.45, 7) is 4.47. The predicted octanol–water partition coefficient (Wildman–Crippen LogP) is 5.28.